The number of aryl methyl sites for hydroxylation is 1. The molecule has 0 aliphatic carbocycles. The van der Waals surface area contributed by atoms with Crippen LogP contribution in [-0.2, 0) is 4.79 Å². The summed E-state index contributed by atoms with van der Waals surface area (Å²) in [7, 11) is 0. The van der Waals surface area contributed by atoms with Gasteiger partial charge in [-0.25, -0.2) is 4.39 Å². The molecule has 5 nitrogen and oxygen atoms in total. The fourth-order valence-electron chi connectivity index (χ4n) is 3.55. The molecule has 3 aromatic rings. The van der Waals surface area contributed by atoms with E-state index in [1.54, 1.807) is 12.1 Å². The summed E-state index contributed by atoms with van der Waals surface area (Å²) in [5.74, 6) is 1.47. The number of carbonyl (C=O) groups is 1. The summed E-state index contributed by atoms with van der Waals surface area (Å²) in [5, 5.41) is 9.36. The second-order valence-electron chi connectivity index (χ2n) is 7.84. The van der Waals surface area contributed by atoms with Gasteiger partial charge in [-0.05, 0) is 62.1 Å². The molecular weight excluding hydrogens is 399 g/mol. The minimum Gasteiger partial charge on any atom is -0.342 e. The van der Waals surface area contributed by atoms with E-state index < -0.39 is 0 Å². The highest BCUT2D eigenvalue weighted by molar-refractivity contribution is 7.99. The Kier molecular flexibility index (Phi) is 6.18. The molecule has 1 fully saturated rings. The van der Waals surface area contributed by atoms with Crippen molar-refractivity contribution in [3.8, 4) is 17.1 Å². The average Bonchev–Trinajstić information content (AvgIpc) is 3.17. The highest BCUT2D eigenvalue weighted by Crippen LogP contribution is 2.29. The number of benzene rings is 2. The van der Waals surface area contributed by atoms with Gasteiger partial charge in [-0.15, -0.1) is 10.2 Å². The fourth-order valence-corrected chi connectivity index (χ4v) is 4.41. The monoisotopic (exact) mass is 424 g/mol. The SMILES string of the molecule is Cc1ccc(-n2c(SCC(=O)N3CCC(C)CC3)nnc2-c2ccc(F)cc2)cc1. The third-order valence-corrected chi connectivity index (χ3v) is 6.40. The first-order chi connectivity index (χ1) is 14.5. The van der Waals surface area contributed by atoms with Gasteiger partial charge >= 0.3 is 0 Å². The third-order valence-electron chi connectivity index (χ3n) is 5.49. The maximum atomic E-state index is 13.4. The number of hydrogen-bond acceptors (Lipinski definition) is 4. The van der Waals surface area contributed by atoms with E-state index in [9.17, 15) is 9.18 Å². The lowest BCUT2D eigenvalue weighted by Gasteiger charge is -2.30. The quantitative estimate of drug-likeness (QED) is 0.556. The van der Waals surface area contributed by atoms with E-state index in [0.29, 0.717) is 22.7 Å². The van der Waals surface area contributed by atoms with Crippen molar-refractivity contribution in [1.29, 1.82) is 0 Å². The molecule has 1 saturated heterocycles. The largest absolute Gasteiger partial charge is 0.342 e. The zero-order valence-electron chi connectivity index (χ0n) is 17.2. The molecule has 2 heterocycles. The van der Waals surface area contributed by atoms with Crippen LogP contribution in [0.2, 0.25) is 0 Å². The molecule has 0 bridgehead atoms. The van der Waals surface area contributed by atoms with Crippen molar-refractivity contribution in [1.82, 2.24) is 19.7 Å². The van der Waals surface area contributed by atoms with Gasteiger partial charge in [0, 0.05) is 24.3 Å². The molecule has 1 aliphatic rings. The maximum Gasteiger partial charge on any atom is 0.233 e. The Hall–Kier alpha value is -2.67. The van der Waals surface area contributed by atoms with Crippen LogP contribution < -0.4 is 0 Å². The zero-order chi connectivity index (χ0) is 21.1. The van der Waals surface area contributed by atoms with Gasteiger partial charge in [-0.3, -0.25) is 9.36 Å². The smallest absolute Gasteiger partial charge is 0.233 e. The Bertz CT molecular complexity index is 1010. The Morgan fingerprint density at radius 1 is 1.07 bits per heavy atom. The Balaban J connectivity index is 1.60. The van der Waals surface area contributed by atoms with Gasteiger partial charge in [0.25, 0.3) is 0 Å². The number of nitrogens with zero attached hydrogens (tertiary/aromatic N) is 4. The first-order valence-electron chi connectivity index (χ1n) is 10.2. The van der Waals surface area contributed by atoms with E-state index in [4.69, 9.17) is 0 Å². The van der Waals surface area contributed by atoms with Crippen LogP contribution in [0.25, 0.3) is 17.1 Å². The molecular formula is C23H25FN4OS. The summed E-state index contributed by atoms with van der Waals surface area (Å²) in [6.07, 6.45) is 2.12. The normalized spacial score (nSPS) is 14.8. The molecule has 1 amide bonds. The van der Waals surface area contributed by atoms with Gasteiger partial charge in [0.05, 0.1) is 5.75 Å². The van der Waals surface area contributed by atoms with Crippen molar-refractivity contribution in [2.24, 2.45) is 5.92 Å². The summed E-state index contributed by atoms with van der Waals surface area (Å²) in [6.45, 7) is 5.92. The van der Waals surface area contributed by atoms with E-state index in [2.05, 4.69) is 17.1 Å². The van der Waals surface area contributed by atoms with Crippen molar-refractivity contribution >= 4 is 17.7 Å². The van der Waals surface area contributed by atoms with E-state index >= 15 is 0 Å². The number of piperidine rings is 1. The van der Waals surface area contributed by atoms with Crippen LogP contribution in [0.1, 0.15) is 25.3 Å². The topological polar surface area (TPSA) is 51.0 Å². The van der Waals surface area contributed by atoms with Gasteiger partial charge in [0.15, 0.2) is 11.0 Å². The number of likely N-dealkylation sites (tertiary alicyclic amines) is 1. The van der Waals surface area contributed by atoms with Crippen LogP contribution in [0.3, 0.4) is 0 Å². The summed E-state index contributed by atoms with van der Waals surface area (Å²) in [5.41, 5.74) is 2.83. The number of thioether (sulfide) groups is 1. The van der Waals surface area contributed by atoms with Gasteiger partial charge in [-0.1, -0.05) is 36.4 Å². The predicted molar refractivity (Wildman–Crippen MR) is 117 cm³/mol. The van der Waals surface area contributed by atoms with Crippen LogP contribution in [0.15, 0.2) is 53.7 Å². The Labute approximate surface area is 180 Å². The number of aromatic nitrogens is 3. The second kappa shape index (κ2) is 9.00. The van der Waals surface area contributed by atoms with E-state index in [-0.39, 0.29) is 11.7 Å². The van der Waals surface area contributed by atoms with Gasteiger partial charge in [-0.2, -0.15) is 0 Å². The number of rotatable bonds is 5. The average molecular weight is 425 g/mol. The van der Waals surface area contributed by atoms with Gasteiger partial charge in [0.2, 0.25) is 5.91 Å². The first-order valence-corrected chi connectivity index (χ1v) is 11.2. The molecule has 4 rings (SSSR count). The van der Waals surface area contributed by atoms with Crippen molar-refractivity contribution in [3.05, 3.63) is 59.9 Å². The molecule has 2 aromatic carbocycles. The molecule has 0 unspecified atom stereocenters. The lowest BCUT2D eigenvalue weighted by atomic mass is 9.99. The molecule has 1 aliphatic heterocycles. The highest BCUT2D eigenvalue weighted by atomic mass is 32.2. The van der Waals surface area contributed by atoms with E-state index in [1.165, 1.54) is 23.9 Å². The first kappa shape index (κ1) is 20.6. The standard InChI is InChI=1S/C23H25FN4OS/c1-16-3-9-20(10-4-16)28-22(18-5-7-19(24)8-6-18)25-26-23(28)30-15-21(29)27-13-11-17(2)12-14-27/h3-10,17H,11-15H2,1-2H3. The van der Waals surface area contributed by atoms with E-state index in [1.807, 2.05) is 40.7 Å². The van der Waals surface area contributed by atoms with E-state index in [0.717, 1.165) is 42.7 Å². The molecule has 156 valence electrons. The molecule has 7 heteroatoms. The summed E-state index contributed by atoms with van der Waals surface area (Å²) >= 11 is 1.39. The summed E-state index contributed by atoms with van der Waals surface area (Å²) in [6, 6.07) is 14.3. The molecule has 0 spiro atoms. The lowest BCUT2D eigenvalue weighted by molar-refractivity contribution is -0.129. The van der Waals surface area contributed by atoms with Crippen molar-refractivity contribution in [2.45, 2.75) is 31.8 Å². The van der Waals surface area contributed by atoms with Crippen LogP contribution in [0.5, 0.6) is 0 Å². The molecule has 0 atom stereocenters. The minimum atomic E-state index is -0.295. The summed E-state index contributed by atoms with van der Waals surface area (Å²) < 4.78 is 15.3. The van der Waals surface area contributed by atoms with Gasteiger partial charge < -0.3 is 4.90 Å². The Morgan fingerprint density at radius 2 is 1.73 bits per heavy atom. The molecule has 0 radical (unpaired) electrons. The van der Waals surface area contributed by atoms with Crippen molar-refractivity contribution in [2.75, 3.05) is 18.8 Å². The highest BCUT2D eigenvalue weighted by Gasteiger charge is 2.22. The van der Waals surface area contributed by atoms with Crippen molar-refractivity contribution in [3.63, 3.8) is 0 Å². The number of halogens is 1. The van der Waals surface area contributed by atoms with Crippen molar-refractivity contribution < 1.29 is 9.18 Å². The van der Waals surface area contributed by atoms with Crippen LogP contribution >= 0.6 is 11.8 Å². The minimum absolute atomic E-state index is 0.133. The third kappa shape index (κ3) is 4.56. The molecule has 30 heavy (non-hydrogen) atoms. The molecule has 0 N–H and O–H groups in total. The second-order valence-corrected chi connectivity index (χ2v) is 8.78. The molecule has 0 saturated carbocycles. The van der Waals surface area contributed by atoms with Crippen LogP contribution in [0.4, 0.5) is 4.39 Å². The van der Waals surface area contributed by atoms with Gasteiger partial charge in [0.1, 0.15) is 5.82 Å². The number of amides is 1. The molecule has 1 aromatic heterocycles. The Morgan fingerprint density at radius 3 is 2.40 bits per heavy atom. The maximum absolute atomic E-state index is 13.4. The fraction of sp³-hybridized carbons (Fsp3) is 0.348. The lowest BCUT2D eigenvalue weighted by Crippen LogP contribution is -2.38. The van der Waals surface area contributed by atoms with Crippen LogP contribution in [0, 0.1) is 18.7 Å². The summed E-state index contributed by atoms with van der Waals surface area (Å²) in [4.78, 5) is 14.6. The number of carbonyl (C=O) groups excluding carboxylic acids is 1. The zero-order valence-corrected chi connectivity index (χ0v) is 18.0. The van der Waals surface area contributed by atoms with Crippen LogP contribution in [-0.4, -0.2) is 44.4 Å². The number of hydrogen-bond donors (Lipinski definition) is 0. The predicted octanol–water partition coefficient (Wildman–Crippen LogP) is 4.73.